The van der Waals surface area contributed by atoms with Gasteiger partial charge in [0.1, 0.15) is 17.3 Å². The van der Waals surface area contributed by atoms with Crippen LogP contribution in [0.4, 0.5) is 16.2 Å². The summed E-state index contributed by atoms with van der Waals surface area (Å²) < 4.78 is 86.4. The summed E-state index contributed by atoms with van der Waals surface area (Å²) in [7, 11) is -1.17. The number of nitrogens with one attached hydrogen (secondary N) is 1. The molecule has 0 saturated heterocycles. The second-order valence-corrected chi connectivity index (χ2v) is 8.24. The normalized spacial score (nSPS) is 19.7. The van der Waals surface area contributed by atoms with Crippen molar-refractivity contribution >= 4 is 17.7 Å². The van der Waals surface area contributed by atoms with Gasteiger partial charge in [-0.3, -0.25) is 9.48 Å². The van der Waals surface area contributed by atoms with Crippen molar-refractivity contribution in [1.82, 2.24) is 34.2 Å². The minimum Gasteiger partial charge on any atom is -0.382 e. The minimum absolute atomic E-state index is 0.0192. The van der Waals surface area contributed by atoms with Crippen LogP contribution in [0.5, 0.6) is 0 Å². The molecule has 1 amide bonds. The van der Waals surface area contributed by atoms with Crippen LogP contribution in [-0.2, 0) is 24.8 Å². The molecular weight excluding hydrogens is 463 g/mol. The number of carbonyl (C=O) groups is 1. The van der Waals surface area contributed by atoms with Gasteiger partial charge >= 0.3 is 0 Å². The lowest BCUT2D eigenvalue weighted by Crippen LogP contribution is -2.49. The number of fused-ring (bicyclic) bond motifs is 1. The van der Waals surface area contributed by atoms with Gasteiger partial charge < -0.3 is 19.5 Å². The summed E-state index contributed by atoms with van der Waals surface area (Å²) in [5, 5.41) is 6.99. The summed E-state index contributed by atoms with van der Waals surface area (Å²) in [5.41, 5.74) is -0.289. The molecule has 4 aromatic rings. The second-order valence-electron chi connectivity index (χ2n) is 8.24. The third-order valence-corrected chi connectivity index (χ3v) is 5.75. The summed E-state index contributed by atoms with van der Waals surface area (Å²) in [5.74, 6) is -1.37. The summed E-state index contributed by atoms with van der Waals surface area (Å²) in [6.07, 6.45) is 4.04. The van der Waals surface area contributed by atoms with Crippen LogP contribution in [0.2, 0.25) is 0 Å². The number of imidazole rings is 1. The molecule has 0 fully saturated rings. The lowest BCUT2D eigenvalue weighted by Gasteiger charge is -2.35. The molecule has 0 bridgehead atoms. The van der Waals surface area contributed by atoms with Gasteiger partial charge in [0.2, 0.25) is 5.95 Å². The van der Waals surface area contributed by atoms with E-state index in [1.165, 1.54) is 40.7 Å². The fraction of sp³-hybridized carbons (Fsp3) is 0.320. The molecule has 0 aliphatic carbocycles. The monoisotopic (exact) mass is 498 g/mol. The average molecular weight is 499 g/mol. The van der Waals surface area contributed by atoms with Crippen molar-refractivity contribution in [2.45, 2.75) is 32.9 Å². The second kappa shape index (κ2) is 9.50. The quantitative estimate of drug-likeness (QED) is 0.417. The number of amides is 1. The first kappa shape index (κ1) is 15.8. The topological polar surface area (TPSA) is 103 Å². The molecule has 1 aliphatic rings. The van der Waals surface area contributed by atoms with E-state index in [2.05, 4.69) is 25.4 Å². The number of ether oxygens (including phenoxy) is 1. The zero-order valence-electron chi connectivity index (χ0n) is 27.4. The Labute approximate surface area is 219 Å². The lowest BCUT2D eigenvalue weighted by atomic mass is 10.1. The number of hydrogen-bond donors (Lipinski definition) is 1. The summed E-state index contributed by atoms with van der Waals surface area (Å²) in [6, 6.07) is 4.15. The van der Waals surface area contributed by atoms with Gasteiger partial charge in [-0.05, 0) is 36.5 Å². The van der Waals surface area contributed by atoms with Crippen LogP contribution in [0.1, 0.15) is 38.3 Å². The van der Waals surface area contributed by atoms with Gasteiger partial charge in [-0.2, -0.15) is 5.10 Å². The first-order chi connectivity index (χ1) is 20.5. The van der Waals surface area contributed by atoms with E-state index in [0.717, 1.165) is 17.2 Å². The number of aromatic nitrogens is 6. The Balaban J connectivity index is 1.59. The zero-order chi connectivity index (χ0) is 32.2. The SMILES string of the molecule is [2H]C([2H])([2H])OC[C@H]1Cn2cc(-c3nc(Nc4ccnn4C)ncc3C([2H])([2H])[2H])nc2C(=O)N1C([2H])([2H])c1ccc(C)c(F)c1. The predicted octanol–water partition coefficient (Wildman–Crippen LogP) is 3.24. The van der Waals surface area contributed by atoms with E-state index in [0.29, 0.717) is 5.82 Å². The molecule has 11 heteroatoms. The van der Waals surface area contributed by atoms with Crippen LogP contribution >= 0.6 is 0 Å². The van der Waals surface area contributed by atoms with E-state index in [-0.39, 0.29) is 46.4 Å². The van der Waals surface area contributed by atoms with Crippen LogP contribution in [0.15, 0.2) is 42.9 Å². The Morgan fingerprint density at radius 3 is 2.94 bits per heavy atom. The Bertz CT molecular complexity index is 1720. The molecule has 4 heterocycles. The Morgan fingerprint density at radius 1 is 1.31 bits per heavy atom. The molecule has 0 unspecified atom stereocenters. The molecule has 1 N–H and O–H groups in total. The molecule has 0 radical (unpaired) electrons. The summed E-state index contributed by atoms with van der Waals surface area (Å²) in [4.78, 5) is 27.5. The number of benzene rings is 1. The van der Waals surface area contributed by atoms with E-state index >= 15 is 0 Å². The maximum absolute atomic E-state index is 14.5. The molecule has 0 saturated carbocycles. The fourth-order valence-corrected chi connectivity index (χ4v) is 3.84. The largest absolute Gasteiger partial charge is 0.382 e. The van der Waals surface area contributed by atoms with Crippen LogP contribution < -0.4 is 5.32 Å². The average Bonchev–Trinajstić information content (AvgIpc) is 3.54. The van der Waals surface area contributed by atoms with Crippen molar-refractivity contribution in [2.24, 2.45) is 7.05 Å². The standard InChI is InChI=1S/C25H27FN8O2/c1-15-5-6-17(9-19(15)26)11-34-18(14-36-4)12-33-13-20(29-23(33)24(34)35)22-16(2)10-27-25(31-22)30-21-7-8-28-32(21)3/h5-10,13,18H,11-12,14H2,1-4H3,(H,27,30,31)/t18-/m1/s1/i2D3,4D3,11D2. The number of carbonyl (C=O) groups excluding carboxylic acids is 1. The van der Waals surface area contributed by atoms with Crippen molar-refractivity contribution < 1.29 is 24.9 Å². The van der Waals surface area contributed by atoms with Crippen molar-refractivity contribution in [3.63, 3.8) is 0 Å². The molecule has 36 heavy (non-hydrogen) atoms. The number of aryl methyl sites for hydroxylation is 3. The third kappa shape index (κ3) is 4.44. The first-order valence-electron chi connectivity index (χ1n) is 14.9. The highest BCUT2D eigenvalue weighted by Crippen LogP contribution is 2.27. The number of hydrogen-bond acceptors (Lipinski definition) is 7. The third-order valence-electron chi connectivity index (χ3n) is 5.75. The van der Waals surface area contributed by atoms with Crippen molar-refractivity contribution in [2.75, 3.05) is 19.0 Å². The van der Waals surface area contributed by atoms with Gasteiger partial charge in [-0.1, -0.05) is 12.1 Å². The van der Waals surface area contributed by atoms with E-state index in [1.807, 2.05) is 0 Å². The van der Waals surface area contributed by atoms with Crippen LogP contribution in [-0.4, -0.2) is 59.8 Å². The number of halogens is 1. The Morgan fingerprint density at radius 2 is 2.19 bits per heavy atom. The highest BCUT2D eigenvalue weighted by molar-refractivity contribution is 5.92. The Hall–Kier alpha value is -4.12. The van der Waals surface area contributed by atoms with Crippen molar-refractivity contribution in [3.05, 3.63) is 71.2 Å². The molecule has 5 rings (SSSR count). The minimum atomic E-state index is -2.84. The van der Waals surface area contributed by atoms with Gasteiger partial charge in [0, 0.05) is 49.7 Å². The lowest BCUT2D eigenvalue weighted by molar-refractivity contribution is 0.0380. The van der Waals surface area contributed by atoms with Gasteiger partial charge in [0.15, 0.2) is 5.82 Å². The maximum Gasteiger partial charge on any atom is 0.290 e. The van der Waals surface area contributed by atoms with Gasteiger partial charge in [0.25, 0.3) is 5.91 Å². The summed E-state index contributed by atoms with van der Waals surface area (Å²) >= 11 is 0. The molecule has 1 aromatic carbocycles. The molecule has 10 nitrogen and oxygen atoms in total. The highest BCUT2D eigenvalue weighted by Gasteiger charge is 2.35. The number of anilines is 2. The fourth-order valence-electron chi connectivity index (χ4n) is 3.84. The molecule has 1 atom stereocenters. The van der Waals surface area contributed by atoms with Gasteiger partial charge in [0.05, 0.1) is 31.4 Å². The van der Waals surface area contributed by atoms with Crippen LogP contribution in [0.25, 0.3) is 11.4 Å². The molecule has 3 aromatic heterocycles. The van der Waals surface area contributed by atoms with E-state index in [9.17, 15) is 9.18 Å². The smallest absolute Gasteiger partial charge is 0.290 e. The van der Waals surface area contributed by atoms with E-state index < -0.39 is 44.8 Å². The van der Waals surface area contributed by atoms with Gasteiger partial charge in [-0.25, -0.2) is 19.3 Å². The van der Waals surface area contributed by atoms with Gasteiger partial charge in [-0.15, -0.1) is 0 Å². The number of rotatable bonds is 7. The molecule has 186 valence electrons. The number of methoxy groups -OCH3 is 1. The maximum atomic E-state index is 14.5. The predicted molar refractivity (Wildman–Crippen MR) is 131 cm³/mol. The molecule has 0 spiro atoms. The highest BCUT2D eigenvalue weighted by atomic mass is 19.1. The number of nitrogens with zero attached hydrogens (tertiary/aromatic N) is 7. The first-order valence-corrected chi connectivity index (χ1v) is 10.9. The Kier molecular flexibility index (Phi) is 4.17. The summed E-state index contributed by atoms with van der Waals surface area (Å²) in [6.45, 7) is -4.54. The van der Waals surface area contributed by atoms with E-state index in [4.69, 9.17) is 15.7 Å². The van der Waals surface area contributed by atoms with Crippen molar-refractivity contribution in [1.29, 1.82) is 0 Å². The molecular formula is C25H27FN8O2. The van der Waals surface area contributed by atoms with Crippen molar-refractivity contribution in [3.8, 4) is 11.4 Å². The molecule has 1 aliphatic heterocycles. The van der Waals surface area contributed by atoms with Crippen LogP contribution in [0, 0.1) is 19.6 Å². The zero-order valence-corrected chi connectivity index (χ0v) is 19.4. The van der Waals surface area contributed by atoms with Crippen LogP contribution in [0.3, 0.4) is 0 Å². The van der Waals surface area contributed by atoms with E-state index in [1.54, 1.807) is 13.1 Å².